The number of Topliss-reactive ketones (excluding diaryl/α,β-unsaturated/α-hetero) is 1. The number of carbonyl (C=O) groups excluding carboxylic acids is 2. The number of anilines is 1. The maximum absolute atomic E-state index is 15.1. The molecule has 40 heavy (non-hydrogen) atoms. The van der Waals surface area contributed by atoms with E-state index < -0.39 is 5.82 Å². The van der Waals surface area contributed by atoms with Crippen LogP contribution in [0.4, 0.5) is 15.0 Å². The molecule has 0 saturated carbocycles. The zero-order chi connectivity index (χ0) is 27.9. The number of carbonyl (C=O) groups is 2. The quantitative estimate of drug-likeness (QED) is 0.293. The predicted molar refractivity (Wildman–Crippen MR) is 148 cm³/mol. The topological polar surface area (TPSA) is 93.7 Å². The number of nitrogens with zero attached hydrogens (tertiary/aromatic N) is 3. The summed E-state index contributed by atoms with van der Waals surface area (Å²) in [5.41, 5.74) is 3.59. The van der Waals surface area contributed by atoms with Gasteiger partial charge in [0.25, 0.3) is 0 Å². The second-order valence-corrected chi connectivity index (χ2v) is 9.54. The molecule has 1 aliphatic rings. The summed E-state index contributed by atoms with van der Waals surface area (Å²) in [6.07, 6.45) is 3.75. The molecule has 2 aromatic carbocycles. The second-order valence-electron chi connectivity index (χ2n) is 9.54. The Morgan fingerprint density at radius 3 is 2.58 bits per heavy atom. The highest BCUT2D eigenvalue weighted by molar-refractivity contribution is 5.98. The van der Waals surface area contributed by atoms with Crippen molar-refractivity contribution in [2.45, 2.75) is 19.8 Å². The third-order valence-electron chi connectivity index (χ3n) is 6.48. The molecular weight excluding hydrogens is 511 g/mol. The van der Waals surface area contributed by atoms with Gasteiger partial charge in [-0.2, -0.15) is 0 Å². The first kappa shape index (κ1) is 27.0. The lowest BCUT2D eigenvalue weighted by molar-refractivity contribution is 0.0564. The predicted octanol–water partition coefficient (Wildman–Crippen LogP) is 5.60. The summed E-state index contributed by atoms with van der Waals surface area (Å²) in [4.78, 5) is 35.9. The largest absolute Gasteiger partial charge is 0.454 e. The standard InChI is InChI=1S/C31H29FN4O4/c1-21-15-25(28(37)18-22-5-3-2-4-6-22)27(34-20-21)17-23-7-8-29(26(32)16-23)40-24-9-10-33-30(19-24)35-31(38)36-11-13-39-14-12-36/h2-10,15-16,19-20H,11-14,17-18H2,1H3,(H,33,35,38). The Labute approximate surface area is 231 Å². The molecule has 8 nitrogen and oxygen atoms in total. The first-order valence-electron chi connectivity index (χ1n) is 13.0. The molecule has 2 aromatic heterocycles. The lowest BCUT2D eigenvalue weighted by Gasteiger charge is -2.26. The van der Waals surface area contributed by atoms with Gasteiger partial charge in [0.2, 0.25) is 0 Å². The number of halogens is 1. The van der Waals surface area contributed by atoms with Crippen LogP contribution in [-0.4, -0.2) is 53.0 Å². The van der Waals surface area contributed by atoms with Crippen molar-refractivity contribution in [2.75, 3.05) is 31.6 Å². The molecular formula is C31H29FN4O4. The molecule has 1 fully saturated rings. The van der Waals surface area contributed by atoms with Gasteiger partial charge >= 0.3 is 6.03 Å². The molecule has 9 heteroatoms. The van der Waals surface area contributed by atoms with E-state index in [0.29, 0.717) is 61.1 Å². The first-order chi connectivity index (χ1) is 19.4. The van der Waals surface area contributed by atoms with Crippen molar-refractivity contribution < 1.29 is 23.5 Å². The fourth-order valence-electron chi connectivity index (χ4n) is 4.41. The average molecular weight is 541 g/mol. The minimum atomic E-state index is -0.558. The molecule has 0 aliphatic carbocycles. The number of benzene rings is 2. The molecule has 0 bridgehead atoms. The molecule has 204 valence electrons. The van der Waals surface area contributed by atoms with Gasteiger partial charge in [-0.25, -0.2) is 14.2 Å². The maximum Gasteiger partial charge on any atom is 0.323 e. The number of urea groups is 1. The van der Waals surface area contributed by atoms with Gasteiger partial charge in [0, 0.05) is 50.0 Å². The molecule has 1 aliphatic heterocycles. The maximum atomic E-state index is 15.1. The lowest BCUT2D eigenvalue weighted by atomic mass is 9.97. The summed E-state index contributed by atoms with van der Waals surface area (Å²) in [6, 6.07) is 18.9. The number of hydrogen-bond acceptors (Lipinski definition) is 6. The van der Waals surface area contributed by atoms with Crippen molar-refractivity contribution in [3.05, 3.63) is 113 Å². The number of morpholine rings is 1. The van der Waals surface area contributed by atoms with E-state index in [1.54, 1.807) is 23.2 Å². The van der Waals surface area contributed by atoms with Crippen LogP contribution >= 0.6 is 0 Å². The Morgan fingerprint density at radius 1 is 1.00 bits per heavy atom. The minimum Gasteiger partial charge on any atom is -0.454 e. The molecule has 1 N–H and O–H groups in total. The van der Waals surface area contributed by atoms with E-state index in [1.807, 2.05) is 43.3 Å². The second kappa shape index (κ2) is 12.5. The van der Waals surface area contributed by atoms with Gasteiger partial charge in [-0.15, -0.1) is 0 Å². The van der Waals surface area contributed by atoms with Crippen LogP contribution in [0.2, 0.25) is 0 Å². The monoisotopic (exact) mass is 540 g/mol. The molecule has 0 radical (unpaired) electrons. The van der Waals surface area contributed by atoms with Crippen LogP contribution in [0.15, 0.2) is 79.1 Å². The molecule has 5 rings (SSSR count). The average Bonchev–Trinajstić information content (AvgIpc) is 2.96. The zero-order valence-electron chi connectivity index (χ0n) is 22.1. The van der Waals surface area contributed by atoms with Crippen LogP contribution in [0.5, 0.6) is 11.5 Å². The number of aromatic nitrogens is 2. The third kappa shape index (κ3) is 6.86. The van der Waals surface area contributed by atoms with E-state index in [9.17, 15) is 9.59 Å². The lowest BCUT2D eigenvalue weighted by Crippen LogP contribution is -2.43. The number of nitrogens with one attached hydrogen (secondary N) is 1. The number of amides is 2. The highest BCUT2D eigenvalue weighted by Gasteiger charge is 2.18. The van der Waals surface area contributed by atoms with E-state index in [0.717, 1.165) is 11.1 Å². The summed E-state index contributed by atoms with van der Waals surface area (Å²) in [5, 5.41) is 2.73. The van der Waals surface area contributed by atoms with E-state index in [1.165, 1.54) is 24.4 Å². The van der Waals surface area contributed by atoms with Crippen molar-refractivity contribution in [3.8, 4) is 11.5 Å². The molecule has 1 saturated heterocycles. The van der Waals surface area contributed by atoms with Gasteiger partial charge in [0.05, 0.1) is 18.9 Å². The highest BCUT2D eigenvalue weighted by atomic mass is 19.1. The normalized spacial score (nSPS) is 13.1. The number of rotatable bonds is 8. The summed E-state index contributed by atoms with van der Waals surface area (Å²) < 4.78 is 26.1. The number of ether oxygens (including phenoxy) is 2. The number of ketones is 1. The van der Waals surface area contributed by atoms with E-state index in [-0.39, 0.29) is 24.0 Å². The van der Waals surface area contributed by atoms with Crippen LogP contribution in [0.3, 0.4) is 0 Å². The van der Waals surface area contributed by atoms with E-state index in [4.69, 9.17) is 9.47 Å². The number of aryl methyl sites for hydroxylation is 1. The summed E-state index contributed by atoms with van der Waals surface area (Å²) in [7, 11) is 0. The number of hydrogen-bond donors (Lipinski definition) is 1. The van der Waals surface area contributed by atoms with Crippen LogP contribution in [0, 0.1) is 12.7 Å². The molecule has 0 atom stereocenters. The highest BCUT2D eigenvalue weighted by Crippen LogP contribution is 2.27. The molecule has 4 aromatic rings. The van der Waals surface area contributed by atoms with Crippen LogP contribution in [-0.2, 0) is 17.6 Å². The van der Waals surface area contributed by atoms with Crippen molar-refractivity contribution >= 4 is 17.6 Å². The third-order valence-corrected chi connectivity index (χ3v) is 6.48. The van der Waals surface area contributed by atoms with Gasteiger partial charge < -0.3 is 14.4 Å². The fraction of sp³-hybridized carbons (Fsp3) is 0.226. The van der Waals surface area contributed by atoms with Gasteiger partial charge in [-0.3, -0.25) is 15.1 Å². The van der Waals surface area contributed by atoms with E-state index in [2.05, 4.69) is 15.3 Å². The van der Waals surface area contributed by atoms with E-state index >= 15 is 4.39 Å². The molecule has 2 amide bonds. The molecule has 3 heterocycles. The Hall–Kier alpha value is -4.63. The van der Waals surface area contributed by atoms with Crippen molar-refractivity contribution in [1.82, 2.24) is 14.9 Å². The fourth-order valence-corrected chi connectivity index (χ4v) is 4.41. The Morgan fingerprint density at radius 2 is 1.80 bits per heavy atom. The Kier molecular flexibility index (Phi) is 8.41. The summed E-state index contributed by atoms with van der Waals surface area (Å²) in [6.45, 7) is 3.87. The SMILES string of the molecule is Cc1cnc(Cc2ccc(Oc3ccnc(NC(=O)N4CCOCC4)c3)c(F)c2)c(C(=O)Cc2ccccc2)c1. The summed E-state index contributed by atoms with van der Waals surface area (Å²) >= 11 is 0. The van der Waals surface area contributed by atoms with Crippen LogP contribution in [0.25, 0.3) is 0 Å². The van der Waals surface area contributed by atoms with Gasteiger partial charge in [-0.1, -0.05) is 36.4 Å². The first-order valence-corrected chi connectivity index (χ1v) is 13.0. The number of pyridine rings is 2. The van der Waals surface area contributed by atoms with Gasteiger partial charge in [0.1, 0.15) is 11.6 Å². The van der Waals surface area contributed by atoms with Crippen molar-refractivity contribution in [1.29, 1.82) is 0 Å². The van der Waals surface area contributed by atoms with Gasteiger partial charge in [0.15, 0.2) is 17.3 Å². The Balaban J connectivity index is 1.27. The van der Waals surface area contributed by atoms with Crippen molar-refractivity contribution in [3.63, 3.8) is 0 Å². The zero-order valence-corrected chi connectivity index (χ0v) is 22.1. The molecule has 0 unspecified atom stereocenters. The van der Waals surface area contributed by atoms with Gasteiger partial charge in [-0.05, 0) is 47.9 Å². The molecule has 0 spiro atoms. The smallest absolute Gasteiger partial charge is 0.323 e. The van der Waals surface area contributed by atoms with Crippen molar-refractivity contribution in [2.24, 2.45) is 0 Å². The van der Waals surface area contributed by atoms with Crippen LogP contribution < -0.4 is 10.1 Å². The summed E-state index contributed by atoms with van der Waals surface area (Å²) in [5.74, 6) is 0.0549. The van der Waals surface area contributed by atoms with Crippen LogP contribution in [0.1, 0.15) is 32.7 Å². The Bertz CT molecular complexity index is 1510. The minimum absolute atomic E-state index is 0.0256.